The number of carbonyl (C=O) groups is 2. The molecular weight excluding hydrogens is 256 g/mol. The number of carbonyl (C=O) groups excluding carboxylic acids is 2. The van der Waals surface area contributed by atoms with E-state index in [-0.39, 0.29) is 25.0 Å². The fourth-order valence-corrected chi connectivity index (χ4v) is 1.59. The van der Waals surface area contributed by atoms with Crippen molar-refractivity contribution in [3.63, 3.8) is 0 Å². The molecule has 1 aromatic carbocycles. The van der Waals surface area contributed by atoms with Crippen LogP contribution in [0.1, 0.15) is 39.7 Å². The summed E-state index contributed by atoms with van der Waals surface area (Å²) in [5, 5.41) is 0. The van der Waals surface area contributed by atoms with E-state index in [4.69, 9.17) is 9.47 Å². The molecule has 0 N–H and O–H groups in total. The SMILES string of the molecule is CC(CC(=O)OC(C)(C)C)C(=O)OCc1ccccc1. The second kappa shape index (κ2) is 7.08. The van der Waals surface area contributed by atoms with Gasteiger partial charge in [0.1, 0.15) is 12.2 Å². The zero-order valence-electron chi connectivity index (χ0n) is 12.5. The number of rotatable bonds is 5. The van der Waals surface area contributed by atoms with Gasteiger partial charge in [-0.25, -0.2) is 0 Å². The van der Waals surface area contributed by atoms with Gasteiger partial charge in [-0.3, -0.25) is 9.59 Å². The number of ether oxygens (including phenoxy) is 2. The summed E-state index contributed by atoms with van der Waals surface area (Å²) in [5.74, 6) is -1.28. The molecule has 1 atom stereocenters. The predicted molar refractivity (Wildman–Crippen MR) is 75.9 cm³/mol. The average Bonchev–Trinajstić information content (AvgIpc) is 2.34. The smallest absolute Gasteiger partial charge is 0.309 e. The van der Waals surface area contributed by atoms with E-state index in [1.54, 1.807) is 27.7 Å². The van der Waals surface area contributed by atoms with Crippen molar-refractivity contribution in [2.24, 2.45) is 5.92 Å². The number of hydrogen-bond donors (Lipinski definition) is 0. The third-order valence-electron chi connectivity index (χ3n) is 2.52. The van der Waals surface area contributed by atoms with E-state index in [2.05, 4.69) is 0 Å². The summed E-state index contributed by atoms with van der Waals surface area (Å²) in [5.41, 5.74) is 0.385. The van der Waals surface area contributed by atoms with Crippen molar-refractivity contribution < 1.29 is 19.1 Å². The summed E-state index contributed by atoms with van der Waals surface area (Å²) in [6, 6.07) is 9.43. The minimum absolute atomic E-state index is 0.0326. The lowest BCUT2D eigenvalue weighted by Gasteiger charge is -2.20. The molecule has 0 aliphatic heterocycles. The van der Waals surface area contributed by atoms with E-state index in [1.807, 2.05) is 30.3 Å². The van der Waals surface area contributed by atoms with E-state index in [1.165, 1.54) is 0 Å². The van der Waals surface area contributed by atoms with Gasteiger partial charge >= 0.3 is 11.9 Å². The lowest BCUT2D eigenvalue weighted by Crippen LogP contribution is -2.27. The Labute approximate surface area is 120 Å². The first-order chi connectivity index (χ1) is 9.28. The average molecular weight is 278 g/mol. The molecule has 4 nitrogen and oxygen atoms in total. The van der Waals surface area contributed by atoms with Crippen molar-refractivity contribution in [3.05, 3.63) is 35.9 Å². The lowest BCUT2D eigenvalue weighted by atomic mass is 10.1. The van der Waals surface area contributed by atoms with Crippen molar-refractivity contribution >= 4 is 11.9 Å². The highest BCUT2D eigenvalue weighted by Gasteiger charge is 2.23. The second-order valence-electron chi connectivity index (χ2n) is 5.78. The maximum absolute atomic E-state index is 11.8. The number of hydrogen-bond acceptors (Lipinski definition) is 4. The van der Waals surface area contributed by atoms with Crippen LogP contribution >= 0.6 is 0 Å². The molecular formula is C16H22O4. The molecule has 0 spiro atoms. The van der Waals surface area contributed by atoms with Crippen molar-refractivity contribution in [3.8, 4) is 0 Å². The van der Waals surface area contributed by atoms with Crippen LogP contribution in [-0.4, -0.2) is 17.5 Å². The zero-order valence-corrected chi connectivity index (χ0v) is 12.5. The molecule has 1 unspecified atom stereocenters. The standard InChI is InChI=1S/C16H22O4/c1-12(10-14(17)20-16(2,3)4)15(18)19-11-13-8-6-5-7-9-13/h5-9,12H,10-11H2,1-4H3. The molecule has 0 saturated heterocycles. The zero-order chi connectivity index (χ0) is 15.2. The summed E-state index contributed by atoms with van der Waals surface area (Å²) in [6.07, 6.45) is 0.0326. The molecule has 0 radical (unpaired) electrons. The molecule has 0 saturated carbocycles. The summed E-state index contributed by atoms with van der Waals surface area (Å²) in [7, 11) is 0. The fourth-order valence-electron chi connectivity index (χ4n) is 1.59. The fraction of sp³-hybridized carbons (Fsp3) is 0.500. The van der Waals surface area contributed by atoms with Crippen molar-refractivity contribution in [2.75, 3.05) is 0 Å². The van der Waals surface area contributed by atoms with Crippen LogP contribution in [0.2, 0.25) is 0 Å². The first-order valence-corrected chi connectivity index (χ1v) is 6.70. The molecule has 110 valence electrons. The molecule has 1 aromatic rings. The van der Waals surface area contributed by atoms with Gasteiger partial charge in [0, 0.05) is 0 Å². The maximum atomic E-state index is 11.8. The van der Waals surface area contributed by atoms with Crippen molar-refractivity contribution in [1.29, 1.82) is 0 Å². The minimum Gasteiger partial charge on any atom is -0.461 e. The lowest BCUT2D eigenvalue weighted by molar-refractivity contribution is -0.161. The van der Waals surface area contributed by atoms with Gasteiger partial charge in [0.25, 0.3) is 0 Å². The minimum atomic E-state index is -0.537. The predicted octanol–water partition coefficient (Wildman–Crippen LogP) is 3.10. The Bertz CT molecular complexity index is 445. The van der Waals surface area contributed by atoms with E-state index in [9.17, 15) is 9.59 Å². The molecule has 20 heavy (non-hydrogen) atoms. The molecule has 0 bridgehead atoms. The van der Waals surface area contributed by atoms with Gasteiger partial charge in [-0.05, 0) is 26.3 Å². The summed E-state index contributed by atoms with van der Waals surface area (Å²) >= 11 is 0. The molecule has 0 aliphatic rings. The van der Waals surface area contributed by atoms with E-state index in [0.29, 0.717) is 0 Å². The summed E-state index contributed by atoms with van der Waals surface area (Å²) in [6.45, 7) is 7.27. The molecule has 0 amide bonds. The van der Waals surface area contributed by atoms with E-state index < -0.39 is 11.5 Å². The molecule has 0 aliphatic carbocycles. The third kappa shape index (κ3) is 6.36. The normalized spacial score (nSPS) is 12.6. The molecule has 4 heteroatoms. The van der Waals surface area contributed by atoms with Gasteiger partial charge in [0.2, 0.25) is 0 Å². The topological polar surface area (TPSA) is 52.6 Å². The van der Waals surface area contributed by atoms with Crippen LogP contribution in [0.25, 0.3) is 0 Å². The Morgan fingerprint density at radius 2 is 1.75 bits per heavy atom. The van der Waals surface area contributed by atoms with Crippen LogP contribution in [0, 0.1) is 5.92 Å². The van der Waals surface area contributed by atoms with Crippen LogP contribution in [0.3, 0.4) is 0 Å². The molecule has 0 fully saturated rings. The number of benzene rings is 1. The van der Waals surface area contributed by atoms with Crippen LogP contribution in [0.4, 0.5) is 0 Å². The highest BCUT2D eigenvalue weighted by Crippen LogP contribution is 2.13. The summed E-state index contributed by atoms with van der Waals surface area (Å²) in [4.78, 5) is 23.4. The van der Waals surface area contributed by atoms with Crippen molar-refractivity contribution in [1.82, 2.24) is 0 Å². The van der Waals surface area contributed by atoms with Crippen LogP contribution in [-0.2, 0) is 25.7 Å². The van der Waals surface area contributed by atoms with Crippen LogP contribution in [0.5, 0.6) is 0 Å². The summed E-state index contributed by atoms with van der Waals surface area (Å²) < 4.78 is 10.3. The number of esters is 2. The van der Waals surface area contributed by atoms with Gasteiger partial charge in [0.15, 0.2) is 0 Å². The van der Waals surface area contributed by atoms with Gasteiger partial charge in [-0.2, -0.15) is 0 Å². The first-order valence-electron chi connectivity index (χ1n) is 6.70. The Balaban J connectivity index is 2.38. The van der Waals surface area contributed by atoms with Gasteiger partial charge in [-0.1, -0.05) is 37.3 Å². The van der Waals surface area contributed by atoms with Crippen LogP contribution in [0.15, 0.2) is 30.3 Å². The van der Waals surface area contributed by atoms with E-state index >= 15 is 0 Å². The Hall–Kier alpha value is -1.84. The largest absolute Gasteiger partial charge is 0.461 e. The Kier molecular flexibility index (Phi) is 5.74. The third-order valence-corrected chi connectivity index (χ3v) is 2.52. The first kappa shape index (κ1) is 16.2. The van der Waals surface area contributed by atoms with Crippen LogP contribution < -0.4 is 0 Å². The molecule has 0 aromatic heterocycles. The Morgan fingerprint density at radius 3 is 2.30 bits per heavy atom. The monoisotopic (exact) mass is 278 g/mol. The second-order valence-corrected chi connectivity index (χ2v) is 5.78. The van der Waals surface area contributed by atoms with E-state index in [0.717, 1.165) is 5.56 Å². The quantitative estimate of drug-likeness (QED) is 0.777. The van der Waals surface area contributed by atoms with Gasteiger partial charge in [-0.15, -0.1) is 0 Å². The highest BCUT2D eigenvalue weighted by atomic mass is 16.6. The molecule has 0 heterocycles. The van der Waals surface area contributed by atoms with Gasteiger partial charge < -0.3 is 9.47 Å². The maximum Gasteiger partial charge on any atom is 0.309 e. The van der Waals surface area contributed by atoms with Crippen molar-refractivity contribution in [2.45, 2.75) is 46.3 Å². The van der Waals surface area contributed by atoms with Gasteiger partial charge in [0.05, 0.1) is 12.3 Å². The molecule has 1 rings (SSSR count). The Morgan fingerprint density at radius 1 is 1.15 bits per heavy atom. The highest BCUT2D eigenvalue weighted by molar-refractivity contribution is 5.79.